The zero-order valence-corrected chi connectivity index (χ0v) is 11.8. The molecule has 0 saturated carbocycles. The molecule has 0 unspecified atom stereocenters. The SMILES string of the molecule is O=C(c1cnn(-c2ccccc2)c1)N1CC[C@H]2CNC[C@H]21. The van der Waals surface area contributed by atoms with Crippen molar-refractivity contribution in [2.24, 2.45) is 5.92 Å². The summed E-state index contributed by atoms with van der Waals surface area (Å²) in [5, 5.41) is 7.69. The largest absolute Gasteiger partial charge is 0.334 e. The lowest BCUT2D eigenvalue weighted by molar-refractivity contribution is 0.0737. The molecule has 0 aliphatic carbocycles. The van der Waals surface area contributed by atoms with Crippen molar-refractivity contribution >= 4 is 5.91 Å². The summed E-state index contributed by atoms with van der Waals surface area (Å²) in [6.07, 6.45) is 4.61. The average molecular weight is 282 g/mol. The molecule has 0 bridgehead atoms. The Labute approximate surface area is 123 Å². The number of carbonyl (C=O) groups is 1. The topological polar surface area (TPSA) is 50.2 Å². The van der Waals surface area contributed by atoms with Gasteiger partial charge >= 0.3 is 0 Å². The zero-order valence-electron chi connectivity index (χ0n) is 11.8. The van der Waals surface area contributed by atoms with Crippen LogP contribution in [-0.4, -0.2) is 46.3 Å². The van der Waals surface area contributed by atoms with Gasteiger partial charge in [0.05, 0.1) is 17.4 Å². The highest BCUT2D eigenvalue weighted by molar-refractivity contribution is 5.94. The second kappa shape index (κ2) is 5.00. The summed E-state index contributed by atoms with van der Waals surface area (Å²) < 4.78 is 1.76. The molecule has 1 amide bonds. The van der Waals surface area contributed by atoms with Crippen molar-refractivity contribution in [3.8, 4) is 5.69 Å². The molecule has 108 valence electrons. The Kier molecular flexibility index (Phi) is 3.00. The first-order valence-electron chi connectivity index (χ1n) is 7.45. The normalized spacial score (nSPS) is 24.3. The fourth-order valence-corrected chi connectivity index (χ4v) is 3.42. The number of benzene rings is 1. The number of nitrogens with zero attached hydrogens (tertiary/aromatic N) is 3. The molecular formula is C16H18N4O. The second-order valence-corrected chi connectivity index (χ2v) is 5.78. The summed E-state index contributed by atoms with van der Waals surface area (Å²) in [4.78, 5) is 14.7. The van der Waals surface area contributed by atoms with Gasteiger partial charge in [-0.3, -0.25) is 4.79 Å². The molecule has 0 radical (unpaired) electrons. The summed E-state index contributed by atoms with van der Waals surface area (Å²) in [6, 6.07) is 10.2. The van der Waals surface area contributed by atoms with Gasteiger partial charge in [-0.1, -0.05) is 18.2 Å². The van der Waals surface area contributed by atoms with Gasteiger partial charge in [0.2, 0.25) is 0 Å². The molecule has 21 heavy (non-hydrogen) atoms. The maximum absolute atomic E-state index is 12.7. The van der Waals surface area contributed by atoms with E-state index in [0.717, 1.165) is 31.7 Å². The van der Waals surface area contributed by atoms with Crippen LogP contribution in [0.1, 0.15) is 16.8 Å². The zero-order chi connectivity index (χ0) is 14.2. The second-order valence-electron chi connectivity index (χ2n) is 5.78. The van der Waals surface area contributed by atoms with Crippen LogP contribution in [0.25, 0.3) is 5.69 Å². The van der Waals surface area contributed by atoms with Gasteiger partial charge in [-0.2, -0.15) is 5.10 Å². The van der Waals surface area contributed by atoms with Gasteiger partial charge in [0.15, 0.2) is 0 Å². The van der Waals surface area contributed by atoms with Crippen molar-refractivity contribution in [2.75, 3.05) is 19.6 Å². The van der Waals surface area contributed by atoms with Crippen molar-refractivity contribution in [3.63, 3.8) is 0 Å². The van der Waals surface area contributed by atoms with E-state index in [1.54, 1.807) is 10.9 Å². The van der Waals surface area contributed by atoms with Crippen LogP contribution in [0, 0.1) is 5.92 Å². The van der Waals surface area contributed by atoms with Gasteiger partial charge in [0, 0.05) is 31.9 Å². The minimum absolute atomic E-state index is 0.105. The van der Waals surface area contributed by atoms with E-state index in [9.17, 15) is 4.79 Å². The number of hydrogen-bond donors (Lipinski definition) is 1. The van der Waals surface area contributed by atoms with Crippen LogP contribution in [0.5, 0.6) is 0 Å². The molecule has 0 spiro atoms. The number of fused-ring (bicyclic) bond motifs is 1. The molecule has 2 aromatic rings. The van der Waals surface area contributed by atoms with Crippen LogP contribution < -0.4 is 5.32 Å². The van der Waals surface area contributed by atoms with Crippen LogP contribution in [0.15, 0.2) is 42.7 Å². The first-order chi connectivity index (χ1) is 10.3. The summed E-state index contributed by atoms with van der Waals surface area (Å²) in [5.41, 5.74) is 1.64. The molecule has 1 aromatic heterocycles. The maximum atomic E-state index is 12.7. The predicted molar refractivity (Wildman–Crippen MR) is 79.4 cm³/mol. The van der Waals surface area contributed by atoms with Gasteiger partial charge in [-0.05, 0) is 24.5 Å². The summed E-state index contributed by atoms with van der Waals surface area (Å²) in [7, 11) is 0. The Morgan fingerprint density at radius 3 is 2.95 bits per heavy atom. The fraction of sp³-hybridized carbons (Fsp3) is 0.375. The summed E-state index contributed by atoms with van der Waals surface area (Å²) in [6.45, 7) is 2.83. The van der Waals surface area contributed by atoms with Crippen molar-refractivity contribution in [3.05, 3.63) is 48.3 Å². The van der Waals surface area contributed by atoms with E-state index in [4.69, 9.17) is 0 Å². The summed E-state index contributed by atoms with van der Waals surface area (Å²) >= 11 is 0. The standard InChI is InChI=1S/C16H18N4O/c21-16(19-7-6-12-8-17-10-15(12)19)13-9-18-20(11-13)14-4-2-1-3-5-14/h1-5,9,11-12,15,17H,6-8,10H2/t12-,15+/m0/s1. The molecule has 2 fully saturated rings. The number of para-hydroxylation sites is 1. The number of nitrogens with one attached hydrogen (secondary N) is 1. The number of aromatic nitrogens is 2. The van der Waals surface area contributed by atoms with Crippen LogP contribution >= 0.6 is 0 Å². The Balaban J connectivity index is 1.57. The minimum atomic E-state index is 0.105. The Morgan fingerprint density at radius 1 is 1.24 bits per heavy atom. The number of likely N-dealkylation sites (tertiary alicyclic amines) is 1. The van der Waals surface area contributed by atoms with E-state index in [0.29, 0.717) is 17.5 Å². The van der Waals surface area contributed by atoms with Crippen molar-refractivity contribution < 1.29 is 4.79 Å². The third-order valence-electron chi connectivity index (χ3n) is 4.56. The first-order valence-corrected chi connectivity index (χ1v) is 7.45. The molecule has 2 atom stereocenters. The van der Waals surface area contributed by atoms with E-state index < -0.39 is 0 Å². The van der Waals surface area contributed by atoms with E-state index in [1.807, 2.05) is 41.4 Å². The van der Waals surface area contributed by atoms with E-state index in [1.165, 1.54) is 0 Å². The van der Waals surface area contributed by atoms with Gasteiger partial charge in [-0.25, -0.2) is 4.68 Å². The highest BCUT2D eigenvalue weighted by Crippen LogP contribution is 2.28. The van der Waals surface area contributed by atoms with Crippen LogP contribution in [-0.2, 0) is 0 Å². The van der Waals surface area contributed by atoms with Crippen LogP contribution in [0.4, 0.5) is 0 Å². The molecule has 1 aromatic carbocycles. The molecule has 3 heterocycles. The summed E-state index contributed by atoms with van der Waals surface area (Å²) in [5.74, 6) is 0.728. The predicted octanol–water partition coefficient (Wildman–Crippen LogP) is 1.31. The highest BCUT2D eigenvalue weighted by atomic mass is 16.2. The molecule has 4 rings (SSSR count). The quantitative estimate of drug-likeness (QED) is 0.903. The van der Waals surface area contributed by atoms with Gasteiger partial charge < -0.3 is 10.2 Å². The van der Waals surface area contributed by atoms with Crippen molar-refractivity contribution in [1.82, 2.24) is 20.0 Å². The van der Waals surface area contributed by atoms with Gasteiger partial charge in [0.25, 0.3) is 5.91 Å². The Hall–Kier alpha value is -2.14. The lowest BCUT2D eigenvalue weighted by Gasteiger charge is -2.22. The molecular weight excluding hydrogens is 264 g/mol. The number of carbonyl (C=O) groups excluding carboxylic acids is 1. The highest BCUT2D eigenvalue weighted by Gasteiger charge is 2.40. The van der Waals surface area contributed by atoms with E-state index in [-0.39, 0.29) is 5.91 Å². The monoisotopic (exact) mass is 282 g/mol. The Morgan fingerprint density at radius 2 is 2.10 bits per heavy atom. The lowest BCUT2D eigenvalue weighted by atomic mass is 10.1. The third-order valence-corrected chi connectivity index (χ3v) is 4.56. The van der Waals surface area contributed by atoms with E-state index in [2.05, 4.69) is 10.4 Å². The molecule has 5 heteroatoms. The number of hydrogen-bond acceptors (Lipinski definition) is 3. The number of rotatable bonds is 2. The van der Waals surface area contributed by atoms with Crippen LogP contribution in [0.2, 0.25) is 0 Å². The molecule has 2 saturated heterocycles. The van der Waals surface area contributed by atoms with Crippen molar-refractivity contribution in [1.29, 1.82) is 0 Å². The fourth-order valence-electron chi connectivity index (χ4n) is 3.42. The van der Waals surface area contributed by atoms with Gasteiger partial charge in [0.1, 0.15) is 0 Å². The third kappa shape index (κ3) is 2.14. The smallest absolute Gasteiger partial charge is 0.257 e. The van der Waals surface area contributed by atoms with Crippen LogP contribution in [0.3, 0.4) is 0 Å². The molecule has 1 N–H and O–H groups in total. The minimum Gasteiger partial charge on any atom is -0.334 e. The van der Waals surface area contributed by atoms with Crippen molar-refractivity contribution in [2.45, 2.75) is 12.5 Å². The lowest BCUT2D eigenvalue weighted by Crippen LogP contribution is -2.38. The molecule has 5 nitrogen and oxygen atoms in total. The number of amides is 1. The maximum Gasteiger partial charge on any atom is 0.257 e. The van der Waals surface area contributed by atoms with E-state index >= 15 is 0 Å². The molecule has 2 aliphatic heterocycles. The molecule has 2 aliphatic rings. The average Bonchev–Trinajstić information content (AvgIpc) is 3.23. The first kappa shape index (κ1) is 12.6. The Bertz CT molecular complexity index is 651. The van der Waals surface area contributed by atoms with Gasteiger partial charge in [-0.15, -0.1) is 0 Å².